The van der Waals surface area contributed by atoms with Crippen LogP contribution in [0.3, 0.4) is 0 Å². The zero-order valence-electron chi connectivity index (χ0n) is 7.63. The van der Waals surface area contributed by atoms with Crippen molar-refractivity contribution in [2.24, 2.45) is 0 Å². The van der Waals surface area contributed by atoms with Gasteiger partial charge in [0.15, 0.2) is 0 Å². The van der Waals surface area contributed by atoms with E-state index in [1.54, 1.807) is 24.3 Å². The van der Waals surface area contributed by atoms with E-state index in [1.807, 2.05) is 6.92 Å². The van der Waals surface area contributed by atoms with Crippen LogP contribution in [0.4, 0.5) is 14.5 Å². The maximum Gasteiger partial charge on any atom is 0.342 e. The van der Waals surface area contributed by atoms with Gasteiger partial charge in [-0.15, -0.1) is 0 Å². The molecular formula is C10H9F2NO. The number of aryl methyl sites for hydroxylation is 1. The minimum absolute atomic E-state index is 0.505. The third-order valence-corrected chi connectivity index (χ3v) is 2.26. The lowest BCUT2D eigenvalue weighted by Gasteiger charge is -2.37. The first kappa shape index (κ1) is 9.12. The lowest BCUT2D eigenvalue weighted by atomic mass is 10.1. The van der Waals surface area contributed by atoms with Gasteiger partial charge in [-0.2, -0.15) is 8.78 Å². The van der Waals surface area contributed by atoms with Crippen LogP contribution in [-0.2, 0) is 4.79 Å². The van der Waals surface area contributed by atoms with Gasteiger partial charge in [0.05, 0.1) is 6.54 Å². The predicted molar refractivity (Wildman–Crippen MR) is 48.5 cm³/mol. The van der Waals surface area contributed by atoms with E-state index in [1.165, 1.54) is 0 Å². The summed E-state index contributed by atoms with van der Waals surface area (Å²) in [5, 5.41) is 0. The van der Waals surface area contributed by atoms with Crippen LogP contribution in [-0.4, -0.2) is 18.4 Å². The molecule has 74 valence electrons. The Morgan fingerprint density at radius 3 is 2.29 bits per heavy atom. The molecule has 4 heteroatoms. The van der Waals surface area contributed by atoms with E-state index >= 15 is 0 Å². The maximum absolute atomic E-state index is 12.6. The molecule has 1 aliphatic heterocycles. The fourth-order valence-electron chi connectivity index (χ4n) is 1.38. The first-order valence-electron chi connectivity index (χ1n) is 4.27. The average Bonchev–Trinajstić information content (AvgIpc) is 2.16. The van der Waals surface area contributed by atoms with E-state index in [0.29, 0.717) is 5.69 Å². The molecule has 0 spiro atoms. The summed E-state index contributed by atoms with van der Waals surface area (Å²) < 4.78 is 25.1. The van der Waals surface area contributed by atoms with E-state index in [9.17, 15) is 13.6 Å². The second-order valence-corrected chi connectivity index (χ2v) is 3.43. The largest absolute Gasteiger partial charge is 0.342 e. The zero-order valence-corrected chi connectivity index (χ0v) is 7.63. The van der Waals surface area contributed by atoms with E-state index < -0.39 is 18.4 Å². The standard InChI is InChI=1S/C10H9F2NO/c1-7-2-4-8(5-3-7)13-6-10(11,12)9(13)14/h2-5H,6H2,1H3. The van der Waals surface area contributed by atoms with Crippen LogP contribution in [0.15, 0.2) is 24.3 Å². The lowest BCUT2D eigenvalue weighted by Crippen LogP contribution is -2.62. The number of hydrogen-bond donors (Lipinski definition) is 0. The highest BCUT2D eigenvalue weighted by Gasteiger charge is 2.54. The molecule has 1 aliphatic rings. The van der Waals surface area contributed by atoms with Crippen molar-refractivity contribution in [3.05, 3.63) is 29.8 Å². The molecule has 0 aliphatic carbocycles. The molecule has 0 N–H and O–H groups in total. The highest BCUT2D eigenvalue weighted by atomic mass is 19.3. The molecule has 1 saturated heterocycles. The molecule has 14 heavy (non-hydrogen) atoms. The fourth-order valence-corrected chi connectivity index (χ4v) is 1.38. The number of rotatable bonds is 1. The highest BCUT2D eigenvalue weighted by Crippen LogP contribution is 2.33. The molecule has 2 nitrogen and oxygen atoms in total. The summed E-state index contributed by atoms with van der Waals surface area (Å²) >= 11 is 0. The van der Waals surface area contributed by atoms with Crippen molar-refractivity contribution < 1.29 is 13.6 Å². The molecule has 0 saturated carbocycles. The monoisotopic (exact) mass is 197 g/mol. The highest BCUT2D eigenvalue weighted by molar-refractivity contribution is 6.05. The van der Waals surface area contributed by atoms with Crippen LogP contribution in [0, 0.1) is 6.92 Å². The maximum atomic E-state index is 12.6. The Morgan fingerprint density at radius 1 is 1.29 bits per heavy atom. The zero-order chi connectivity index (χ0) is 10.3. The van der Waals surface area contributed by atoms with Gasteiger partial charge in [-0.3, -0.25) is 4.79 Å². The number of halogens is 2. The second kappa shape index (κ2) is 2.77. The topological polar surface area (TPSA) is 20.3 Å². The molecule has 1 heterocycles. The minimum atomic E-state index is -3.16. The Labute approximate surface area is 80.1 Å². The Balaban J connectivity index is 2.20. The number of β-lactam (4-membered cyclic amide) rings is 1. The third kappa shape index (κ3) is 1.27. The van der Waals surface area contributed by atoms with E-state index in [0.717, 1.165) is 10.5 Å². The Morgan fingerprint density at radius 2 is 1.86 bits per heavy atom. The number of benzene rings is 1. The van der Waals surface area contributed by atoms with Crippen molar-refractivity contribution in [2.45, 2.75) is 12.8 Å². The molecule has 1 aromatic rings. The van der Waals surface area contributed by atoms with Crippen LogP contribution in [0.1, 0.15) is 5.56 Å². The SMILES string of the molecule is Cc1ccc(N2CC(F)(F)C2=O)cc1. The van der Waals surface area contributed by atoms with E-state index in [4.69, 9.17) is 0 Å². The van der Waals surface area contributed by atoms with Crippen molar-refractivity contribution >= 4 is 11.6 Å². The number of nitrogens with zero attached hydrogens (tertiary/aromatic N) is 1. The summed E-state index contributed by atoms with van der Waals surface area (Å²) in [6, 6.07) is 6.92. The van der Waals surface area contributed by atoms with Gasteiger partial charge in [-0.05, 0) is 19.1 Å². The van der Waals surface area contributed by atoms with Crippen LogP contribution in [0.25, 0.3) is 0 Å². The van der Waals surface area contributed by atoms with Gasteiger partial charge in [0.25, 0.3) is 5.91 Å². The molecule has 0 aromatic heterocycles. The van der Waals surface area contributed by atoms with Crippen LogP contribution in [0.5, 0.6) is 0 Å². The van der Waals surface area contributed by atoms with Crippen molar-refractivity contribution in [1.29, 1.82) is 0 Å². The van der Waals surface area contributed by atoms with Crippen molar-refractivity contribution in [3.8, 4) is 0 Å². The third-order valence-electron chi connectivity index (χ3n) is 2.26. The van der Waals surface area contributed by atoms with Gasteiger partial charge in [0.1, 0.15) is 0 Å². The molecule has 0 atom stereocenters. The normalized spacial score (nSPS) is 19.4. The minimum Gasteiger partial charge on any atom is -0.300 e. The molecule has 1 fully saturated rings. The molecular weight excluding hydrogens is 188 g/mol. The van der Waals surface area contributed by atoms with Gasteiger partial charge in [-0.25, -0.2) is 0 Å². The second-order valence-electron chi connectivity index (χ2n) is 3.43. The van der Waals surface area contributed by atoms with Gasteiger partial charge in [-0.1, -0.05) is 17.7 Å². The Bertz CT molecular complexity index is 372. The summed E-state index contributed by atoms with van der Waals surface area (Å²) in [5.41, 5.74) is 1.57. The Hall–Kier alpha value is -1.45. The first-order chi connectivity index (χ1) is 6.50. The summed E-state index contributed by atoms with van der Waals surface area (Å²) in [7, 11) is 0. The molecule has 0 unspecified atom stereocenters. The number of hydrogen-bond acceptors (Lipinski definition) is 1. The smallest absolute Gasteiger partial charge is 0.300 e. The van der Waals surface area contributed by atoms with Crippen molar-refractivity contribution in [1.82, 2.24) is 0 Å². The van der Waals surface area contributed by atoms with Crippen molar-refractivity contribution in [3.63, 3.8) is 0 Å². The van der Waals surface area contributed by atoms with Crippen molar-refractivity contribution in [2.75, 3.05) is 11.4 Å². The molecule has 1 aromatic carbocycles. The summed E-state index contributed by atoms with van der Waals surface area (Å²) in [4.78, 5) is 12.0. The number of amides is 1. The lowest BCUT2D eigenvalue weighted by molar-refractivity contribution is -0.152. The van der Waals surface area contributed by atoms with Crippen LogP contribution < -0.4 is 4.90 Å². The average molecular weight is 197 g/mol. The predicted octanol–water partition coefficient (Wildman–Crippen LogP) is 1.98. The molecule has 0 bridgehead atoms. The van der Waals surface area contributed by atoms with Gasteiger partial charge >= 0.3 is 5.92 Å². The molecule has 1 amide bonds. The van der Waals surface area contributed by atoms with Crippen LogP contribution >= 0.6 is 0 Å². The van der Waals surface area contributed by atoms with Crippen LogP contribution in [0.2, 0.25) is 0 Å². The van der Waals surface area contributed by atoms with Gasteiger partial charge in [0.2, 0.25) is 0 Å². The first-order valence-corrected chi connectivity index (χ1v) is 4.27. The Kier molecular flexibility index (Phi) is 1.80. The van der Waals surface area contributed by atoms with E-state index in [2.05, 4.69) is 0 Å². The van der Waals surface area contributed by atoms with Gasteiger partial charge in [0, 0.05) is 5.69 Å². The summed E-state index contributed by atoms with van der Waals surface area (Å²) in [6.07, 6.45) is 0. The van der Waals surface area contributed by atoms with Gasteiger partial charge < -0.3 is 4.90 Å². The number of alkyl halides is 2. The number of carbonyl (C=O) groups excluding carboxylic acids is 1. The summed E-state index contributed by atoms with van der Waals surface area (Å²) in [6.45, 7) is 1.39. The summed E-state index contributed by atoms with van der Waals surface area (Å²) in [5.74, 6) is -4.27. The van der Waals surface area contributed by atoms with E-state index in [-0.39, 0.29) is 0 Å². The quantitative estimate of drug-likeness (QED) is 0.630. The molecule has 0 radical (unpaired) electrons. The fraction of sp³-hybridized carbons (Fsp3) is 0.300. The number of carbonyl (C=O) groups is 1. The number of anilines is 1. The molecule has 2 rings (SSSR count).